The molecule has 0 aliphatic carbocycles. The summed E-state index contributed by atoms with van der Waals surface area (Å²) >= 11 is 0. The lowest BCUT2D eigenvalue weighted by Gasteiger charge is -2.15. The van der Waals surface area contributed by atoms with Crippen molar-refractivity contribution in [2.24, 2.45) is 11.7 Å². The zero-order valence-corrected chi connectivity index (χ0v) is 12.0. The maximum absolute atomic E-state index is 12.0. The van der Waals surface area contributed by atoms with Crippen molar-refractivity contribution in [3.05, 3.63) is 11.4 Å². The average Bonchev–Trinajstić information content (AvgIpc) is 2.79. The minimum absolute atomic E-state index is 0.154. The van der Waals surface area contributed by atoms with Gasteiger partial charge in [-0.3, -0.25) is 4.79 Å². The number of nitrogens with one attached hydrogen (secondary N) is 1. The summed E-state index contributed by atoms with van der Waals surface area (Å²) in [6.45, 7) is 6.44. The summed E-state index contributed by atoms with van der Waals surface area (Å²) in [4.78, 5) is 23.1. The van der Waals surface area contributed by atoms with Crippen LogP contribution in [0.25, 0.3) is 0 Å². The number of nitrogens with zero attached hydrogens (tertiary/aromatic N) is 3. The van der Waals surface area contributed by atoms with Crippen LogP contribution in [-0.4, -0.2) is 45.1 Å². The molecule has 0 aromatic carbocycles. The number of carboxylic acid groups (broad SMARTS) is 1. The number of carboxylic acids is 1. The number of rotatable bonds is 7. The van der Waals surface area contributed by atoms with Crippen molar-refractivity contribution in [1.29, 1.82) is 0 Å². The van der Waals surface area contributed by atoms with E-state index in [1.807, 2.05) is 13.8 Å². The first-order chi connectivity index (χ1) is 9.38. The number of amides is 1. The Morgan fingerprint density at radius 1 is 1.40 bits per heavy atom. The van der Waals surface area contributed by atoms with E-state index in [4.69, 9.17) is 10.8 Å². The van der Waals surface area contributed by atoms with Crippen molar-refractivity contribution in [2.75, 3.05) is 13.1 Å². The highest BCUT2D eigenvalue weighted by Crippen LogP contribution is 2.13. The fourth-order valence-corrected chi connectivity index (χ4v) is 1.72. The van der Waals surface area contributed by atoms with Crippen LogP contribution in [-0.2, 0) is 11.2 Å². The van der Waals surface area contributed by atoms with Crippen LogP contribution >= 0.6 is 0 Å². The van der Waals surface area contributed by atoms with Crippen LogP contribution in [0.1, 0.15) is 43.0 Å². The van der Waals surface area contributed by atoms with Crippen molar-refractivity contribution in [3.8, 4) is 0 Å². The second-order valence-electron chi connectivity index (χ2n) is 4.99. The molecular formula is C12H21N5O3. The molecule has 1 heterocycles. The molecule has 112 valence electrons. The molecule has 0 saturated heterocycles. The molecule has 0 bridgehead atoms. The predicted octanol–water partition coefficient (Wildman–Crippen LogP) is -0.189. The summed E-state index contributed by atoms with van der Waals surface area (Å²) in [5.41, 5.74) is 5.68. The Morgan fingerprint density at radius 2 is 2.05 bits per heavy atom. The third kappa shape index (κ3) is 3.77. The van der Waals surface area contributed by atoms with Crippen molar-refractivity contribution in [2.45, 2.75) is 33.2 Å². The highest BCUT2D eigenvalue weighted by molar-refractivity contribution is 5.87. The van der Waals surface area contributed by atoms with Gasteiger partial charge < -0.3 is 16.2 Å². The smallest absolute Gasteiger partial charge is 0.358 e. The molecule has 4 N–H and O–H groups in total. The van der Waals surface area contributed by atoms with E-state index >= 15 is 0 Å². The third-order valence-corrected chi connectivity index (χ3v) is 2.81. The van der Waals surface area contributed by atoms with Gasteiger partial charge in [0.1, 0.15) is 6.04 Å². The van der Waals surface area contributed by atoms with Crippen LogP contribution in [0.4, 0.5) is 0 Å². The average molecular weight is 283 g/mol. The van der Waals surface area contributed by atoms with Crippen molar-refractivity contribution in [1.82, 2.24) is 20.3 Å². The van der Waals surface area contributed by atoms with E-state index in [2.05, 4.69) is 15.6 Å². The van der Waals surface area contributed by atoms with Gasteiger partial charge in [0.05, 0.1) is 5.69 Å². The van der Waals surface area contributed by atoms with Crippen LogP contribution < -0.4 is 11.1 Å². The molecule has 0 radical (unpaired) electrons. The van der Waals surface area contributed by atoms with Crippen molar-refractivity contribution in [3.63, 3.8) is 0 Å². The first-order valence-electron chi connectivity index (χ1n) is 6.53. The van der Waals surface area contributed by atoms with E-state index in [1.54, 1.807) is 6.92 Å². The topological polar surface area (TPSA) is 123 Å². The molecule has 0 saturated carbocycles. The fourth-order valence-electron chi connectivity index (χ4n) is 1.72. The zero-order valence-electron chi connectivity index (χ0n) is 12.0. The number of hydrogen-bond acceptors (Lipinski definition) is 5. The van der Waals surface area contributed by atoms with E-state index in [0.29, 0.717) is 24.6 Å². The summed E-state index contributed by atoms with van der Waals surface area (Å²) in [5, 5.41) is 19.2. The Kier molecular flexibility index (Phi) is 5.63. The van der Waals surface area contributed by atoms with Gasteiger partial charge in [0.15, 0.2) is 5.69 Å². The summed E-state index contributed by atoms with van der Waals surface area (Å²) < 4.78 is 1.33. The fraction of sp³-hybridized carbons (Fsp3) is 0.667. The van der Waals surface area contributed by atoms with Crippen LogP contribution in [0.5, 0.6) is 0 Å². The standard InChI is InChI=1S/C12H21N5O3/c1-7(2)6-14-11(18)8(3)17-9(4-5-13)10(12(19)20)15-16-17/h7-8H,4-6,13H2,1-3H3,(H,14,18)(H,19,20). The second-order valence-corrected chi connectivity index (χ2v) is 4.99. The SMILES string of the molecule is CC(C)CNC(=O)C(C)n1nnc(C(=O)O)c1CCN. The van der Waals surface area contributed by atoms with Crippen molar-refractivity contribution >= 4 is 11.9 Å². The van der Waals surface area contributed by atoms with Crippen molar-refractivity contribution < 1.29 is 14.7 Å². The molecule has 0 aliphatic rings. The predicted molar refractivity (Wildman–Crippen MR) is 72.3 cm³/mol. The highest BCUT2D eigenvalue weighted by atomic mass is 16.4. The molecular weight excluding hydrogens is 262 g/mol. The zero-order chi connectivity index (χ0) is 15.3. The number of aromatic carboxylic acids is 1. The molecule has 1 unspecified atom stereocenters. The number of carbonyl (C=O) groups excluding carboxylic acids is 1. The molecule has 1 amide bonds. The molecule has 1 atom stereocenters. The Balaban J connectivity index is 2.94. The monoisotopic (exact) mass is 283 g/mol. The molecule has 1 aromatic rings. The van der Waals surface area contributed by atoms with Crippen LogP contribution in [0.15, 0.2) is 0 Å². The first-order valence-corrected chi connectivity index (χ1v) is 6.53. The highest BCUT2D eigenvalue weighted by Gasteiger charge is 2.24. The van der Waals surface area contributed by atoms with Crippen LogP contribution in [0.3, 0.4) is 0 Å². The van der Waals surface area contributed by atoms with E-state index in [9.17, 15) is 9.59 Å². The van der Waals surface area contributed by atoms with Gasteiger partial charge in [-0.25, -0.2) is 9.48 Å². The van der Waals surface area contributed by atoms with Gasteiger partial charge in [0.25, 0.3) is 0 Å². The van der Waals surface area contributed by atoms with Gasteiger partial charge in [0, 0.05) is 13.0 Å². The van der Waals surface area contributed by atoms with E-state index < -0.39 is 12.0 Å². The molecule has 8 heteroatoms. The second kappa shape index (κ2) is 6.99. The summed E-state index contributed by atoms with van der Waals surface area (Å²) in [6.07, 6.45) is 0.302. The maximum atomic E-state index is 12.0. The number of aromatic nitrogens is 3. The van der Waals surface area contributed by atoms with Gasteiger partial charge in [-0.2, -0.15) is 0 Å². The number of nitrogens with two attached hydrogens (primary N) is 1. The Labute approximate surface area is 117 Å². The van der Waals surface area contributed by atoms with Gasteiger partial charge >= 0.3 is 5.97 Å². The Morgan fingerprint density at radius 3 is 2.55 bits per heavy atom. The quantitative estimate of drug-likeness (QED) is 0.637. The Bertz CT molecular complexity index is 483. The third-order valence-electron chi connectivity index (χ3n) is 2.81. The van der Waals surface area contributed by atoms with Crippen LogP contribution in [0, 0.1) is 5.92 Å². The lowest BCUT2D eigenvalue weighted by molar-refractivity contribution is -0.124. The lowest BCUT2D eigenvalue weighted by atomic mass is 10.2. The van der Waals surface area contributed by atoms with Gasteiger partial charge in [-0.15, -0.1) is 5.10 Å². The van der Waals surface area contributed by atoms with E-state index in [0.717, 1.165) is 0 Å². The van der Waals surface area contributed by atoms with Gasteiger partial charge in [0.2, 0.25) is 5.91 Å². The van der Waals surface area contributed by atoms with Gasteiger partial charge in [-0.05, 0) is 19.4 Å². The maximum Gasteiger partial charge on any atom is 0.358 e. The normalized spacial score (nSPS) is 12.4. The minimum atomic E-state index is -1.17. The molecule has 0 spiro atoms. The number of hydrogen-bond donors (Lipinski definition) is 3. The summed E-state index contributed by atoms with van der Waals surface area (Å²) in [6, 6.07) is -0.629. The summed E-state index contributed by atoms with van der Waals surface area (Å²) in [5.74, 6) is -1.06. The van der Waals surface area contributed by atoms with Crippen LogP contribution in [0.2, 0.25) is 0 Å². The minimum Gasteiger partial charge on any atom is -0.476 e. The molecule has 0 fully saturated rings. The largest absolute Gasteiger partial charge is 0.476 e. The Hall–Kier alpha value is -1.96. The molecule has 1 aromatic heterocycles. The molecule has 0 aliphatic heterocycles. The molecule has 20 heavy (non-hydrogen) atoms. The number of carbonyl (C=O) groups is 2. The molecule has 1 rings (SSSR count). The lowest BCUT2D eigenvalue weighted by Crippen LogP contribution is -2.34. The van der Waals surface area contributed by atoms with E-state index in [1.165, 1.54) is 4.68 Å². The molecule has 8 nitrogen and oxygen atoms in total. The first kappa shape index (κ1) is 16.1. The van der Waals surface area contributed by atoms with Gasteiger partial charge in [-0.1, -0.05) is 19.1 Å². The summed E-state index contributed by atoms with van der Waals surface area (Å²) in [7, 11) is 0. The van der Waals surface area contributed by atoms with E-state index in [-0.39, 0.29) is 18.1 Å².